The monoisotopic (exact) mass is 434 g/mol. The zero-order valence-electron chi connectivity index (χ0n) is 14.0. The molecule has 1 aromatic heterocycles. The number of hydrogen-bond donors (Lipinski definition) is 1. The Morgan fingerprint density at radius 3 is 2.44 bits per heavy atom. The Kier molecular flexibility index (Phi) is 5.36. The molecule has 0 saturated heterocycles. The van der Waals surface area contributed by atoms with Gasteiger partial charge in [-0.25, -0.2) is 8.78 Å². The fourth-order valence-corrected chi connectivity index (χ4v) is 2.74. The lowest BCUT2D eigenvalue weighted by atomic mass is 10.1. The van der Waals surface area contributed by atoms with Crippen LogP contribution in [0.5, 0.6) is 0 Å². The van der Waals surface area contributed by atoms with E-state index in [-0.39, 0.29) is 17.0 Å². The van der Waals surface area contributed by atoms with Crippen molar-refractivity contribution in [1.29, 1.82) is 0 Å². The molecular formula is C19H13BrF2N2O3. The van der Waals surface area contributed by atoms with Crippen molar-refractivity contribution in [3.05, 3.63) is 82.2 Å². The van der Waals surface area contributed by atoms with Crippen molar-refractivity contribution in [1.82, 2.24) is 0 Å². The van der Waals surface area contributed by atoms with Crippen molar-refractivity contribution < 1.29 is 22.8 Å². The number of nitrogens with zero attached hydrogens (tertiary/aromatic N) is 1. The molecule has 138 valence electrons. The molecule has 2 amide bonds. The second-order valence-corrected chi connectivity index (χ2v) is 6.35. The van der Waals surface area contributed by atoms with Gasteiger partial charge in [0, 0.05) is 18.8 Å². The Bertz CT molecular complexity index is 1020. The summed E-state index contributed by atoms with van der Waals surface area (Å²) in [6.07, 6.45) is 0. The van der Waals surface area contributed by atoms with Crippen molar-refractivity contribution in [3.8, 4) is 0 Å². The summed E-state index contributed by atoms with van der Waals surface area (Å²) in [5, 5.41) is 2.49. The van der Waals surface area contributed by atoms with Gasteiger partial charge in [-0.2, -0.15) is 0 Å². The van der Waals surface area contributed by atoms with Crippen molar-refractivity contribution in [2.24, 2.45) is 0 Å². The van der Waals surface area contributed by atoms with E-state index >= 15 is 0 Å². The van der Waals surface area contributed by atoms with Crippen LogP contribution in [-0.2, 0) is 0 Å². The highest BCUT2D eigenvalue weighted by Gasteiger charge is 2.22. The second-order valence-electron chi connectivity index (χ2n) is 5.57. The number of furan rings is 1. The van der Waals surface area contributed by atoms with Crippen LogP contribution in [0.3, 0.4) is 0 Å². The first-order valence-electron chi connectivity index (χ1n) is 7.75. The Labute approximate surface area is 161 Å². The second kappa shape index (κ2) is 7.71. The lowest BCUT2D eigenvalue weighted by molar-refractivity contribution is 0.0965. The van der Waals surface area contributed by atoms with Crippen molar-refractivity contribution in [3.63, 3.8) is 0 Å². The van der Waals surface area contributed by atoms with Gasteiger partial charge in [0.2, 0.25) is 0 Å². The predicted molar refractivity (Wildman–Crippen MR) is 99.9 cm³/mol. The molecule has 1 N–H and O–H groups in total. The van der Waals surface area contributed by atoms with Gasteiger partial charge in [-0.05, 0) is 52.3 Å². The average molecular weight is 435 g/mol. The molecule has 5 nitrogen and oxygen atoms in total. The predicted octanol–water partition coefficient (Wildman–Crippen LogP) is 4.85. The van der Waals surface area contributed by atoms with Gasteiger partial charge in [0.1, 0.15) is 0 Å². The van der Waals surface area contributed by atoms with Crippen LogP contribution in [0.15, 0.2) is 63.7 Å². The van der Waals surface area contributed by atoms with Crippen LogP contribution in [0, 0.1) is 11.6 Å². The van der Waals surface area contributed by atoms with E-state index in [4.69, 9.17) is 4.42 Å². The molecule has 0 spiro atoms. The number of benzene rings is 2. The Hall–Kier alpha value is -3.00. The zero-order valence-corrected chi connectivity index (χ0v) is 15.6. The molecule has 0 aliphatic carbocycles. The van der Waals surface area contributed by atoms with Gasteiger partial charge in [-0.15, -0.1) is 0 Å². The summed E-state index contributed by atoms with van der Waals surface area (Å²) < 4.78 is 32.0. The molecule has 0 saturated carbocycles. The average Bonchev–Trinajstić information content (AvgIpc) is 3.10. The number of hydrogen-bond acceptors (Lipinski definition) is 3. The maximum Gasteiger partial charge on any atom is 0.293 e. The van der Waals surface area contributed by atoms with Crippen LogP contribution in [0.25, 0.3) is 0 Å². The topological polar surface area (TPSA) is 62.6 Å². The van der Waals surface area contributed by atoms with Crippen molar-refractivity contribution in [2.45, 2.75) is 0 Å². The van der Waals surface area contributed by atoms with E-state index in [0.29, 0.717) is 10.4 Å². The summed E-state index contributed by atoms with van der Waals surface area (Å²) in [7, 11) is 1.50. The number of amides is 2. The van der Waals surface area contributed by atoms with Crippen LogP contribution in [0.4, 0.5) is 20.2 Å². The summed E-state index contributed by atoms with van der Waals surface area (Å²) in [5.74, 6) is -3.01. The number of halogens is 3. The van der Waals surface area contributed by atoms with E-state index in [9.17, 15) is 18.4 Å². The van der Waals surface area contributed by atoms with E-state index in [1.54, 1.807) is 24.3 Å². The van der Waals surface area contributed by atoms with E-state index in [1.807, 2.05) is 0 Å². The van der Waals surface area contributed by atoms with E-state index < -0.39 is 23.4 Å². The highest BCUT2D eigenvalue weighted by atomic mass is 79.9. The summed E-state index contributed by atoms with van der Waals surface area (Å²) in [4.78, 5) is 26.4. The summed E-state index contributed by atoms with van der Waals surface area (Å²) in [6.45, 7) is 0. The highest BCUT2D eigenvalue weighted by molar-refractivity contribution is 9.10. The van der Waals surface area contributed by atoms with Gasteiger partial charge < -0.3 is 14.6 Å². The lowest BCUT2D eigenvalue weighted by Gasteiger charge is -2.19. The molecule has 27 heavy (non-hydrogen) atoms. The fraction of sp³-hybridized carbons (Fsp3) is 0.0526. The molecule has 2 aromatic carbocycles. The molecule has 0 aliphatic rings. The smallest absolute Gasteiger partial charge is 0.293 e. The molecule has 0 fully saturated rings. The quantitative estimate of drug-likeness (QED) is 0.638. The van der Waals surface area contributed by atoms with Crippen LogP contribution in [0.1, 0.15) is 20.9 Å². The van der Waals surface area contributed by atoms with Gasteiger partial charge in [-0.1, -0.05) is 12.1 Å². The van der Waals surface area contributed by atoms with E-state index in [2.05, 4.69) is 21.2 Å². The largest absolute Gasteiger partial charge is 0.444 e. The number of carbonyl (C=O) groups excluding carboxylic acids is 2. The lowest BCUT2D eigenvalue weighted by Crippen LogP contribution is -2.28. The minimum absolute atomic E-state index is 0.0950. The SMILES string of the molecule is CN(C(=O)c1ccc(Br)o1)c1ccccc1C(=O)Nc1ccc(F)c(F)c1. The first-order valence-corrected chi connectivity index (χ1v) is 8.55. The first kappa shape index (κ1) is 18.8. The summed E-state index contributed by atoms with van der Waals surface area (Å²) >= 11 is 3.13. The molecule has 0 radical (unpaired) electrons. The van der Waals surface area contributed by atoms with E-state index in [0.717, 1.165) is 12.1 Å². The Morgan fingerprint density at radius 1 is 1.04 bits per heavy atom. The molecule has 3 rings (SSSR count). The summed E-state index contributed by atoms with van der Waals surface area (Å²) in [6, 6.07) is 12.6. The van der Waals surface area contributed by atoms with Gasteiger partial charge in [0.05, 0.1) is 11.3 Å². The number of rotatable bonds is 4. The third kappa shape index (κ3) is 4.06. The zero-order chi connectivity index (χ0) is 19.6. The maximum atomic E-state index is 13.3. The molecule has 8 heteroatoms. The molecule has 0 aliphatic heterocycles. The van der Waals surface area contributed by atoms with Gasteiger partial charge in [-0.3, -0.25) is 9.59 Å². The normalized spacial score (nSPS) is 10.5. The highest BCUT2D eigenvalue weighted by Crippen LogP contribution is 2.24. The number of para-hydroxylation sites is 1. The molecule has 0 unspecified atom stereocenters. The van der Waals surface area contributed by atoms with Gasteiger partial charge >= 0.3 is 0 Å². The van der Waals surface area contributed by atoms with Gasteiger partial charge in [0.15, 0.2) is 22.1 Å². The minimum atomic E-state index is -1.07. The molecule has 1 heterocycles. The number of nitrogens with one attached hydrogen (secondary N) is 1. The number of anilines is 2. The molecule has 0 bridgehead atoms. The molecule has 0 atom stereocenters. The number of carbonyl (C=O) groups is 2. The Morgan fingerprint density at radius 2 is 1.78 bits per heavy atom. The van der Waals surface area contributed by atoms with Crippen LogP contribution in [-0.4, -0.2) is 18.9 Å². The first-order chi connectivity index (χ1) is 12.9. The third-order valence-corrected chi connectivity index (χ3v) is 4.20. The fourth-order valence-electron chi connectivity index (χ4n) is 2.43. The van der Waals surface area contributed by atoms with Crippen LogP contribution >= 0.6 is 15.9 Å². The summed E-state index contributed by atoms with van der Waals surface area (Å²) in [5.41, 5.74) is 0.608. The molecular weight excluding hydrogens is 422 g/mol. The van der Waals surface area contributed by atoms with Crippen molar-refractivity contribution >= 4 is 39.1 Å². The van der Waals surface area contributed by atoms with Crippen LogP contribution < -0.4 is 10.2 Å². The van der Waals surface area contributed by atoms with Crippen LogP contribution in [0.2, 0.25) is 0 Å². The van der Waals surface area contributed by atoms with Crippen molar-refractivity contribution in [2.75, 3.05) is 17.3 Å². The van der Waals surface area contributed by atoms with Gasteiger partial charge in [0.25, 0.3) is 11.8 Å². The maximum absolute atomic E-state index is 13.3. The Balaban J connectivity index is 1.87. The molecule has 3 aromatic rings. The van der Waals surface area contributed by atoms with E-state index in [1.165, 1.54) is 30.1 Å². The standard InChI is InChI=1S/C19H13BrF2N2O3/c1-24(19(26)16-8-9-17(20)27-16)15-5-3-2-4-12(15)18(25)23-11-6-7-13(21)14(22)10-11/h2-10H,1H3,(H,23,25). The minimum Gasteiger partial charge on any atom is -0.444 e. The third-order valence-electron chi connectivity index (χ3n) is 3.78.